The monoisotopic (exact) mass is 392 g/mol. The lowest BCUT2D eigenvalue weighted by Gasteiger charge is -2.23. The predicted octanol–water partition coefficient (Wildman–Crippen LogP) is 3.82. The Morgan fingerprint density at radius 1 is 1.34 bits per heavy atom. The van der Waals surface area contributed by atoms with Gasteiger partial charge in [0, 0.05) is 48.4 Å². The van der Waals surface area contributed by atoms with Crippen LogP contribution in [-0.4, -0.2) is 33.7 Å². The molecule has 2 N–H and O–H groups in total. The Morgan fingerprint density at radius 3 is 3.00 bits per heavy atom. The summed E-state index contributed by atoms with van der Waals surface area (Å²) in [5, 5.41) is 3.24. The van der Waals surface area contributed by atoms with E-state index in [0.717, 1.165) is 16.7 Å². The van der Waals surface area contributed by atoms with E-state index < -0.39 is 0 Å². The van der Waals surface area contributed by atoms with Crippen LogP contribution in [0.4, 0.5) is 10.2 Å². The van der Waals surface area contributed by atoms with E-state index in [1.807, 2.05) is 19.1 Å². The fraction of sp³-hybridized carbons (Fsp3) is 0.227. The van der Waals surface area contributed by atoms with E-state index in [0.29, 0.717) is 29.6 Å². The zero-order chi connectivity index (χ0) is 20.5. The maximum absolute atomic E-state index is 14.3. The summed E-state index contributed by atoms with van der Waals surface area (Å²) in [7, 11) is 1.69. The number of carbonyl (C=O) groups excluding carboxylic acids is 2. The second-order valence-corrected chi connectivity index (χ2v) is 7.19. The highest BCUT2D eigenvalue weighted by Gasteiger charge is 2.21. The van der Waals surface area contributed by atoms with Crippen LogP contribution in [0.3, 0.4) is 0 Å². The van der Waals surface area contributed by atoms with Crippen LogP contribution >= 0.6 is 0 Å². The van der Waals surface area contributed by atoms with Crippen molar-refractivity contribution in [2.24, 2.45) is 0 Å². The van der Waals surface area contributed by atoms with Gasteiger partial charge < -0.3 is 15.2 Å². The van der Waals surface area contributed by atoms with Gasteiger partial charge >= 0.3 is 0 Å². The molecule has 0 spiro atoms. The van der Waals surface area contributed by atoms with Crippen molar-refractivity contribution in [3.63, 3.8) is 0 Å². The van der Waals surface area contributed by atoms with E-state index in [1.54, 1.807) is 36.5 Å². The molecule has 0 bridgehead atoms. The number of anilines is 1. The first-order chi connectivity index (χ1) is 13.9. The van der Waals surface area contributed by atoms with Crippen molar-refractivity contribution in [3.8, 4) is 0 Å². The Balaban J connectivity index is 1.51. The van der Waals surface area contributed by atoms with Crippen molar-refractivity contribution < 1.29 is 14.0 Å². The van der Waals surface area contributed by atoms with Crippen LogP contribution in [0.1, 0.15) is 36.1 Å². The number of likely N-dealkylation sites (N-methyl/N-ethyl adjacent to an activating group) is 1. The molecule has 0 saturated carbocycles. The summed E-state index contributed by atoms with van der Waals surface area (Å²) in [6.07, 6.45) is 7.60. The number of nitrogens with one attached hydrogen (secondary N) is 2. The number of aryl methyl sites for hydroxylation is 1. The molecule has 2 aromatic heterocycles. The summed E-state index contributed by atoms with van der Waals surface area (Å²) in [4.78, 5) is 33.0. The third-order valence-corrected chi connectivity index (χ3v) is 5.35. The van der Waals surface area contributed by atoms with E-state index in [1.165, 1.54) is 12.1 Å². The molecule has 1 aliphatic rings. The van der Waals surface area contributed by atoms with Gasteiger partial charge in [0.05, 0.1) is 6.04 Å². The number of rotatable bonds is 4. The molecule has 6 nitrogen and oxygen atoms in total. The lowest BCUT2D eigenvalue weighted by Crippen LogP contribution is -2.27. The Hall–Kier alpha value is -3.48. The normalized spacial score (nSPS) is 14.7. The summed E-state index contributed by atoms with van der Waals surface area (Å²) >= 11 is 0. The zero-order valence-corrected chi connectivity index (χ0v) is 16.2. The third-order valence-electron chi connectivity index (χ3n) is 5.35. The first-order valence-electron chi connectivity index (χ1n) is 9.43. The molecule has 3 heterocycles. The van der Waals surface area contributed by atoms with Gasteiger partial charge in [0.15, 0.2) is 0 Å². The van der Waals surface area contributed by atoms with Gasteiger partial charge in [-0.15, -0.1) is 0 Å². The number of amides is 2. The number of fused-ring (bicyclic) bond motifs is 2. The van der Waals surface area contributed by atoms with Gasteiger partial charge in [-0.3, -0.25) is 9.59 Å². The topological polar surface area (TPSA) is 78.1 Å². The van der Waals surface area contributed by atoms with Crippen molar-refractivity contribution in [1.29, 1.82) is 0 Å². The zero-order valence-electron chi connectivity index (χ0n) is 16.2. The van der Waals surface area contributed by atoms with Crippen LogP contribution in [0, 0.1) is 5.82 Å². The van der Waals surface area contributed by atoms with Gasteiger partial charge in [-0.05, 0) is 48.7 Å². The van der Waals surface area contributed by atoms with Crippen molar-refractivity contribution >= 4 is 34.6 Å². The molecule has 3 aromatic rings. The maximum atomic E-state index is 14.3. The average molecular weight is 392 g/mol. The number of hydrogen-bond donors (Lipinski definition) is 2. The molecule has 1 aromatic carbocycles. The minimum atomic E-state index is -0.311. The first kappa shape index (κ1) is 18.9. The molecule has 0 fully saturated rings. The van der Waals surface area contributed by atoms with Crippen LogP contribution < -0.4 is 5.32 Å². The van der Waals surface area contributed by atoms with E-state index in [9.17, 15) is 14.0 Å². The predicted molar refractivity (Wildman–Crippen MR) is 110 cm³/mol. The quantitative estimate of drug-likeness (QED) is 0.663. The summed E-state index contributed by atoms with van der Waals surface area (Å²) in [5.74, 6) is 0.0352. The molecular formula is C22H21FN4O2. The number of hydrogen-bond acceptors (Lipinski definition) is 3. The van der Waals surface area contributed by atoms with Crippen LogP contribution in [-0.2, 0) is 16.0 Å². The van der Waals surface area contributed by atoms with E-state index in [-0.39, 0.29) is 23.7 Å². The van der Waals surface area contributed by atoms with Gasteiger partial charge in [-0.2, -0.15) is 0 Å². The number of aromatic amines is 1. The highest BCUT2D eigenvalue weighted by molar-refractivity contribution is 5.94. The van der Waals surface area contributed by atoms with Crippen molar-refractivity contribution in [2.75, 3.05) is 12.4 Å². The summed E-state index contributed by atoms with van der Waals surface area (Å²) in [5.41, 5.74) is 3.17. The average Bonchev–Trinajstić information content (AvgIpc) is 3.16. The second-order valence-electron chi connectivity index (χ2n) is 7.19. The van der Waals surface area contributed by atoms with Crippen LogP contribution in [0.2, 0.25) is 0 Å². The lowest BCUT2D eigenvalue weighted by atomic mass is 10.0. The Labute approximate surface area is 167 Å². The number of H-pyrrole nitrogens is 1. The number of benzene rings is 1. The molecule has 1 aliphatic heterocycles. The molecule has 0 aliphatic carbocycles. The van der Waals surface area contributed by atoms with Crippen molar-refractivity contribution in [2.45, 2.75) is 25.8 Å². The van der Waals surface area contributed by atoms with Gasteiger partial charge in [-0.25, -0.2) is 9.37 Å². The van der Waals surface area contributed by atoms with Crippen molar-refractivity contribution in [1.82, 2.24) is 14.9 Å². The molecule has 4 rings (SSSR count). The van der Waals surface area contributed by atoms with Gasteiger partial charge in [0.25, 0.3) is 0 Å². The largest absolute Gasteiger partial charge is 0.361 e. The summed E-state index contributed by atoms with van der Waals surface area (Å²) in [6.45, 7) is 1.87. The van der Waals surface area contributed by atoms with Crippen LogP contribution in [0.5, 0.6) is 0 Å². The highest BCUT2D eigenvalue weighted by atomic mass is 19.1. The van der Waals surface area contributed by atoms with E-state index in [4.69, 9.17) is 0 Å². The molecule has 1 unspecified atom stereocenters. The Bertz CT molecular complexity index is 1140. The molecule has 1 atom stereocenters. The molecule has 148 valence electrons. The minimum absolute atomic E-state index is 0.0344. The number of aromatic nitrogens is 2. The SMILES string of the molecule is CC(c1c[nH]c2cccc(F)c12)N(C)C(=O)/C=C/c1cnc2c(c1)CCC(=O)N2. The van der Waals surface area contributed by atoms with Gasteiger partial charge in [0.1, 0.15) is 11.6 Å². The summed E-state index contributed by atoms with van der Waals surface area (Å²) in [6, 6.07) is 6.48. The lowest BCUT2D eigenvalue weighted by molar-refractivity contribution is -0.126. The van der Waals surface area contributed by atoms with Gasteiger partial charge in [0.2, 0.25) is 11.8 Å². The number of pyridine rings is 1. The standard InChI is InChI=1S/C22H21FN4O2/c1-13(16-12-24-18-5-3-4-17(23)21(16)18)27(2)20(29)9-6-14-10-15-7-8-19(28)26-22(15)25-11-14/h3-6,9-13,24H,7-8H2,1-2H3,(H,25,26,28)/b9-6+. The van der Waals surface area contributed by atoms with Crippen LogP contribution in [0.25, 0.3) is 17.0 Å². The highest BCUT2D eigenvalue weighted by Crippen LogP contribution is 2.29. The number of carbonyl (C=O) groups is 2. The first-order valence-corrected chi connectivity index (χ1v) is 9.43. The van der Waals surface area contributed by atoms with E-state index >= 15 is 0 Å². The fourth-order valence-corrected chi connectivity index (χ4v) is 3.55. The second kappa shape index (κ2) is 7.50. The van der Waals surface area contributed by atoms with Gasteiger partial charge in [-0.1, -0.05) is 6.07 Å². The molecule has 29 heavy (non-hydrogen) atoms. The molecule has 0 radical (unpaired) electrons. The van der Waals surface area contributed by atoms with E-state index in [2.05, 4.69) is 15.3 Å². The number of nitrogens with zero attached hydrogens (tertiary/aromatic N) is 2. The third kappa shape index (κ3) is 3.63. The Morgan fingerprint density at radius 2 is 2.17 bits per heavy atom. The molecule has 0 saturated heterocycles. The fourth-order valence-electron chi connectivity index (χ4n) is 3.55. The summed E-state index contributed by atoms with van der Waals surface area (Å²) < 4.78 is 14.3. The molecular weight excluding hydrogens is 371 g/mol. The minimum Gasteiger partial charge on any atom is -0.361 e. The van der Waals surface area contributed by atoms with Crippen LogP contribution in [0.15, 0.2) is 42.7 Å². The maximum Gasteiger partial charge on any atom is 0.246 e. The number of halogens is 1. The Kier molecular flexibility index (Phi) is 4.88. The molecule has 2 amide bonds. The smallest absolute Gasteiger partial charge is 0.246 e. The molecule has 7 heteroatoms. The van der Waals surface area contributed by atoms with Crippen molar-refractivity contribution in [3.05, 3.63) is 65.2 Å².